The quantitative estimate of drug-likeness (QED) is 0.628. The first-order valence-corrected chi connectivity index (χ1v) is 10.7. The molecule has 1 unspecified atom stereocenters. The first-order valence-electron chi connectivity index (χ1n) is 10.7. The second kappa shape index (κ2) is 9.30. The lowest BCUT2D eigenvalue weighted by atomic mass is 10.1. The van der Waals surface area contributed by atoms with Gasteiger partial charge in [-0.15, -0.1) is 0 Å². The molecule has 1 fully saturated rings. The van der Waals surface area contributed by atoms with E-state index in [1.165, 1.54) is 11.0 Å². The number of amides is 1. The van der Waals surface area contributed by atoms with E-state index in [2.05, 4.69) is 5.32 Å². The number of alkyl halides is 3. The molecule has 0 spiro atoms. The molecule has 0 aromatic heterocycles. The van der Waals surface area contributed by atoms with E-state index in [0.717, 1.165) is 11.6 Å². The zero-order chi connectivity index (χ0) is 23.5. The van der Waals surface area contributed by atoms with Gasteiger partial charge in [-0.1, -0.05) is 30.3 Å². The normalized spacial score (nSPS) is 16.0. The van der Waals surface area contributed by atoms with E-state index < -0.39 is 23.4 Å². The summed E-state index contributed by atoms with van der Waals surface area (Å²) in [5.74, 6) is 0. The van der Waals surface area contributed by atoms with Crippen molar-refractivity contribution in [3.8, 4) is 0 Å². The number of hydrogen-bond acceptors (Lipinski definition) is 4. The van der Waals surface area contributed by atoms with Crippen LogP contribution in [0.25, 0.3) is 0 Å². The third-order valence-corrected chi connectivity index (χ3v) is 5.26. The first-order chi connectivity index (χ1) is 14.9. The molecule has 0 saturated carbocycles. The molecule has 1 aliphatic rings. The molecular weight excluding hydrogens is 419 g/mol. The zero-order valence-corrected chi connectivity index (χ0v) is 18.9. The standard InChI is InChI=1S/C24H30F3N3O2/c1-17(18-8-6-5-7-9-18)28-19-10-11-21(20(16-19)24(25,26)27)29-12-14-30(15-13-29)22(31)32-23(2,3)4/h5-11,16-17,28H,12-15H2,1-4H3. The third kappa shape index (κ3) is 6.08. The van der Waals surface area contributed by atoms with Gasteiger partial charge in [-0.05, 0) is 51.5 Å². The Morgan fingerprint density at radius 2 is 1.62 bits per heavy atom. The zero-order valence-electron chi connectivity index (χ0n) is 18.9. The van der Waals surface area contributed by atoms with Gasteiger partial charge in [0.2, 0.25) is 0 Å². The Hall–Kier alpha value is -2.90. The fourth-order valence-electron chi connectivity index (χ4n) is 3.66. The summed E-state index contributed by atoms with van der Waals surface area (Å²) in [6.45, 7) is 8.47. The van der Waals surface area contributed by atoms with Crippen LogP contribution in [0.2, 0.25) is 0 Å². The van der Waals surface area contributed by atoms with E-state index in [-0.39, 0.29) is 11.7 Å². The van der Waals surface area contributed by atoms with Crippen LogP contribution in [-0.2, 0) is 10.9 Å². The molecule has 0 bridgehead atoms. The van der Waals surface area contributed by atoms with Crippen molar-refractivity contribution in [3.63, 3.8) is 0 Å². The SMILES string of the molecule is CC(Nc1ccc(N2CCN(C(=O)OC(C)(C)C)CC2)c(C(F)(F)F)c1)c1ccccc1. The van der Waals surface area contributed by atoms with Crippen LogP contribution in [0.15, 0.2) is 48.5 Å². The van der Waals surface area contributed by atoms with Gasteiger partial charge >= 0.3 is 12.3 Å². The molecule has 32 heavy (non-hydrogen) atoms. The maximum absolute atomic E-state index is 13.9. The Morgan fingerprint density at radius 3 is 2.19 bits per heavy atom. The Balaban J connectivity index is 1.74. The van der Waals surface area contributed by atoms with Gasteiger partial charge in [-0.2, -0.15) is 13.2 Å². The minimum atomic E-state index is -4.49. The Morgan fingerprint density at radius 1 is 1.00 bits per heavy atom. The summed E-state index contributed by atoms with van der Waals surface area (Å²) >= 11 is 0. The number of piperazine rings is 1. The number of hydrogen-bond donors (Lipinski definition) is 1. The minimum absolute atomic E-state index is 0.124. The maximum Gasteiger partial charge on any atom is 0.418 e. The lowest BCUT2D eigenvalue weighted by molar-refractivity contribution is -0.137. The molecule has 1 heterocycles. The molecular formula is C24H30F3N3O2. The Kier molecular flexibility index (Phi) is 6.91. The lowest BCUT2D eigenvalue weighted by Crippen LogP contribution is -2.50. The monoisotopic (exact) mass is 449 g/mol. The summed E-state index contributed by atoms with van der Waals surface area (Å²) in [5.41, 5.74) is 0.221. The van der Waals surface area contributed by atoms with Gasteiger partial charge in [0, 0.05) is 43.6 Å². The number of halogens is 3. The van der Waals surface area contributed by atoms with Crippen molar-refractivity contribution in [3.05, 3.63) is 59.7 Å². The molecule has 1 N–H and O–H groups in total. The van der Waals surface area contributed by atoms with Crippen LogP contribution in [0.5, 0.6) is 0 Å². The van der Waals surface area contributed by atoms with E-state index in [1.807, 2.05) is 37.3 Å². The van der Waals surface area contributed by atoms with Crippen molar-refractivity contribution in [2.24, 2.45) is 0 Å². The highest BCUT2D eigenvalue weighted by molar-refractivity contribution is 5.69. The second-order valence-electron chi connectivity index (χ2n) is 8.96. The summed E-state index contributed by atoms with van der Waals surface area (Å²) in [6.07, 6.45) is -4.94. The molecule has 8 heteroatoms. The third-order valence-electron chi connectivity index (χ3n) is 5.26. The molecule has 0 radical (unpaired) electrons. The van der Waals surface area contributed by atoms with Crippen molar-refractivity contribution in [2.75, 3.05) is 36.4 Å². The molecule has 0 aliphatic carbocycles. The Labute approximate surface area is 187 Å². The van der Waals surface area contributed by atoms with Crippen LogP contribution in [-0.4, -0.2) is 42.8 Å². The van der Waals surface area contributed by atoms with Gasteiger partial charge in [0.1, 0.15) is 5.60 Å². The Bertz CT molecular complexity index is 918. The number of carbonyl (C=O) groups is 1. The summed E-state index contributed by atoms with van der Waals surface area (Å²) < 4.78 is 47.1. The fraction of sp³-hybridized carbons (Fsp3) is 0.458. The second-order valence-corrected chi connectivity index (χ2v) is 8.96. The smallest absolute Gasteiger partial charge is 0.418 e. The van der Waals surface area contributed by atoms with Gasteiger partial charge in [0.15, 0.2) is 0 Å². The van der Waals surface area contributed by atoms with Crippen molar-refractivity contribution in [1.29, 1.82) is 0 Å². The number of nitrogens with one attached hydrogen (secondary N) is 1. The number of benzene rings is 2. The van der Waals surface area contributed by atoms with Crippen LogP contribution in [0.4, 0.5) is 29.3 Å². The lowest BCUT2D eigenvalue weighted by Gasteiger charge is -2.37. The van der Waals surface area contributed by atoms with Crippen molar-refractivity contribution >= 4 is 17.5 Å². The molecule has 3 rings (SSSR count). The van der Waals surface area contributed by atoms with Gasteiger partial charge < -0.3 is 19.9 Å². The predicted molar refractivity (Wildman–Crippen MR) is 120 cm³/mol. The molecule has 1 aliphatic heterocycles. The van der Waals surface area contributed by atoms with E-state index in [1.54, 1.807) is 31.7 Å². The van der Waals surface area contributed by atoms with E-state index in [9.17, 15) is 18.0 Å². The average Bonchev–Trinajstić information content (AvgIpc) is 2.72. The molecule has 174 valence electrons. The maximum atomic E-state index is 13.9. The largest absolute Gasteiger partial charge is 0.444 e. The van der Waals surface area contributed by atoms with Crippen molar-refractivity contribution < 1.29 is 22.7 Å². The van der Waals surface area contributed by atoms with Crippen molar-refractivity contribution in [2.45, 2.75) is 45.5 Å². The topological polar surface area (TPSA) is 44.8 Å². The first kappa shape index (κ1) is 23.8. The van der Waals surface area contributed by atoms with Gasteiger partial charge in [-0.25, -0.2) is 4.79 Å². The van der Waals surface area contributed by atoms with Crippen LogP contribution in [0.1, 0.15) is 44.9 Å². The van der Waals surface area contributed by atoms with Gasteiger partial charge in [0.05, 0.1) is 5.56 Å². The predicted octanol–water partition coefficient (Wildman–Crippen LogP) is 5.94. The average molecular weight is 450 g/mol. The van der Waals surface area contributed by atoms with Crippen molar-refractivity contribution in [1.82, 2.24) is 4.90 Å². The molecule has 2 aromatic carbocycles. The highest BCUT2D eigenvalue weighted by Crippen LogP contribution is 2.39. The molecule has 1 saturated heterocycles. The number of rotatable bonds is 4. The summed E-state index contributed by atoms with van der Waals surface area (Å²) in [5, 5.41) is 3.16. The summed E-state index contributed by atoms with van der Waals surface area (Å²) in [4.78, 5) is 15.5. The van der Waals surface area contributed by atoms with Crippen LogP contribution in [0.3, 0.4) is 0 Å². The van der Waals surface area contributed by atoms with Crippen LogP contribution >= 0.6 is 0 Å². The van der Waals surface area contributed by atoms with E-state index in [4.69, 9.17) is 4.74 Å². The minimum Gasteiger partial charge on any atom is -0.444 e. The molecule has 1 amide bonds. The fourth-order valence-corrected chi connectivity index (χ4v) is 3.66. The summed E-state index contributed by atoms with van der Waals surface area (Å²) in [7, 11) is 0. The molecule has 2 aromatic rings. The number of anilines is 2. The molecule has 5 nitrogen and oxygen atoms in total. The number of carbonyl (C=O) groups excluding carboxylic acids is 1. The van der Waals surface area contributed by atoms with E-state index in [0.29, 0.717) is 31.9 Å². The van der Waals surface area contributed by atoms with Gasteiger partial charge in [-0.3, -0.25) is 0 Å². The highest BCUT2D eigenvalue weighted by Gasteiger charge is 2.36. The van der Waals surface area contributed by atoms with E-state index >= 15 is 0 Å². The number of nitrogens with zero attached hydrogens (tertiary/aromatic N) is 2. The van der Waals surface area contributed by atoms with Gasteiger partial charge in [0.25, 0.3) is 0 Å². The summed E-state index contributed by atoms with van der Waals surface area (Å²) in [6, 6.07) is 13.8. The number of ether oxygens (including phenoxy) is 1. The highest BCUT2D eigenvalue weighted by atomic mass is 19.4. The van der Waals surface area contributed by atoms with Crippen LogP contribution < -0.4 is 10.2 Å². The van der Waals surface area contributed by atoms with Crippen LogP contribution in [0, 0.1) is 0 Å². The molecule has 1 atom stereocenters.